The molecule has 156 valence electrons. The van der Waals surface area contributed by atoms with E-state index in [4.69, 9.17) is 12.2 Å². The van der Waals surface area contributed by atoms with Gasteiger partial charge in [0, 0.05) is 23.7 Å². The van der Waals surface area contributed by atoms with Gasteiger partial charge in [-0.2, -0.15) is 0 Å². The van der Waals surface area contributed by atoms with Crippen molar-refractivity contribution in [1.82, 2.24) is 10.2 Å². The number of thiocarbonyl (C=S) groups is 1. The van der Waals surface area contributed by atoms with Crippen LogP contribution in [0.5, 0.6) is 0 Å². The fraction of sp³-hybridized carbons (Fsp3) is 0.696. The first kappa shape index (κ1) is 21.5. The first-order chi connectivity index (χ1) is 13.2. The van der Waals surface area contributed by atoms with Crippen LogP contribution < -0.4 is 10.6 Å². The van der Waals surface area contributed by atoms with Gasteiger partial charge in [0.25, 0.3) is 0 Å². The summed E-state index contributed by atoms with van der Waals surface area (Å²) in [7, 11) is 0. The van der Waals surface area contributed by atoms with E-state index in [0.29, 0.717) is 22.8 Å². The Labute approximate surface area is 175 Å². The van der Waals surface area contributed by atoms with Crippen LogP contribution in [0.3, 0.4) is 0 Å². The van der Waals surface area contributed by atoms with Gasteiger partial charge in [-0.3, -0.25) is 0 Å². The molecule has 1 aromatic rings. The van der Waals surface area contributed by atoms with Crippen LogP contribution in [0.4, 0.5) is 10.1 Å². The first-order valence-corrected chi connectivity index (χ1v) is 11.2. The second-order valence-electron chi connectivity index (χ2n) is 10.0. The summed E-state index contributed by atoms with van der Waals surface area (Å²) in [5.74, 6) is 0.420. The van der Waals surface area contributed by atoms with Crippen molar-refractivity contribution in [2.45, 2.75) is 89.8 Å². The number of benzene rings is 1. The maximum absolute atomic E-state index is 14.2. The Morgan fingerprint density at radius 2 is 1.71 bits per heavy atom. The summed E-state index contributed by atoms with van der Waals surface area (Å²) in [6.45, 7) is 10.1. The van der Waals surface area contributed by atoms with Gasteiger partial charge >= 0.3 is 0 Å². The topological polar surface area (TPSA) is 27.3 Å². The van der Waals surface area contributed by atoms with Gasteiger partial charge in [0.1, 0.15) is 5.82 Å². The molecule has 1 aliphatic carbocycles. The number of hydrogen-bond acceptors (Lipinski definition) is 2. The third kappa shape index (κ3) is 5.66. The molecule has 0 bridgehead atoms. The number of nitrogens with one attached hydrogen (secondary N) is 2. The van der Waals surface area contributed by atoms with E-state index in [2.05, 4.69) is 43.2 Å². The van der Waals surface area contributed by atoms with Crippen molar-refractivity contribution in [3.05, 3.63) is 30.1 Å². The van der Waals surface area contributed by atoms with E-state index in [1.54, 1.807) is 12.1 Å². The number of piperidine rings is 1. The van der Waals surface area contributed by atoms with Crippen LogP contribution in [0.25, 0.3) is 0 Å². The van der Waals surface area contributed by atoms with Gasteiger partial charge in [-0.15, -0.1) is 0 Å². The van der Waals surface area contributed by atoms with E-state index in [1.165, 1.54) is 38.2 Å². The zero-order valence-electron chi connectivity index (χ0n) is 17.9. The number of para-hydroxylation sites is 1. The minimum atomic E-state index is -0.256. The molecule has 2 aliphatic rings. The Morgan fingerprint density at radius 3 is 2.32 bits per heavy atom. The Balaban J connectivity index is 1.81. The molecule has 1 aromatic carbocycles. The molecular formula is C23H36FN3S. The molecule has 1 heterocycles. The minimum Gasteiger partial charge on any atom is -0.346 e. The highest BCUT2D eigenvalue weighted by atomic mass is 32.1. The highest BCUT2D eigenvalue weighted by molar-refractivity contribution is 7.80. The van der Waals surface area contributed by atoms with Crippen LogP contribution in [-0.4, -0.2) is 33.7 Å². The normalized spacial score (nSPS) is 22.6. The van der Waals surface area contributed by atoms with Gasteiger partial charge in [0.2, 0.25) is 0 Å². The van der Waals surface area contributed by atoms with Crippen molar-refractivity contribution in [2.75, 3.05) is 11.9 Å². The number of nitrogens with zero attached hydrogens (tertiary/aromatic N) is 1. The molecule has 1 saturated carbocycles. The van der Waals surface area contributed by atoms with Crippen LogP contribution in [0, 0.1) is 11.7 Å². The second-order valence-corrected chi connectivity index (χ2v) is 10.4. The minimum absolute atomic E-state index is 0.0465. The second kappa shape index (κ2) is 8.66. The quantitative estimate of drug-likeness (QED) is 0.627. The Bertz CT molecular complexity index is 666. The highest BCUT2D eigenvalue weighted by Gasteiger charge is 2.41. The molecule has 0 spiro atoms. The number of halogens is 1. The van der Waals surface area contributed by atoms with Gasteiger partial charge < -0.3 is 15.5 Å². The molecule has 0 atom stereocenters. The predicted molar refractivity (Wildman–Crippen MR) is 120 cm³/mol. The highest BCUT2D eigenvalue weighted by Crippen LogP contribution is 2.34. The van der Waals surface area contributed by atoms with Crippen LogP contribution in [-0.2, 0) is 0 Å². The SMILES string of the molecule is CC1(C)CC(N(CC2CCCCC2)C(=S)Nc2ccccc2F)CC(C)(C)N1. The van der Waals surface area contributed by atoms with Crippen LogP contribution in [0.15, 0.2) is 24.3 Å². The molecule has 0 unspecified atom stereocenters. The summed E-state index contributed by atoms with van der Waals surface area (Å²) in [4.78, 5) is 2.38. The van der Waals surface area contributed by atoms with E-state index in [1.807, 2.05) is 6.07 Å². The summed E-state index contributed by atoms with van der Waals surface area (Å²) in [5.41, 5.74) is 0.559. The standard InChI is InChI=1S/C23H36FN3S/c1-22(2)14-18(15-23(3,4)26-22)27(16-17-10-6-5-7-11-17)21(28)25-20-13-9-8-12-19(20)24/h8-9,12-13,17-18,26H,5-7,10-11,14-16H2,1-4H3,(H,25,28). The van der Waals surface area contributed by atoms with Gasteiger partial charge in [-0.05, 0) is 83.6 Å². The lowest BCUT2D eigenvalue weighted by atomic mass is 9.78. The van der Waals surface area contributed by atoms with Gasteiger partial charge in [-0.25, -0.2) is 4.39 Å². The largest absolute Gasteiger partial charge is 0.346 e. The zero-order valence-corrected chi connectivity index (χ0v) is 18.7. The lowest BCUT2D eigenvalue weighted by Crippen LogP contribution is -2.63. The third-order valence-corrected chi connectivity index (χ3v) is 6.50. The summed E-state index contributed by atoms with van der Waals surface area (Å²) < 4.78 is 14.2. The molecule has 3 rings (SSSR count). The lowest BCUT2D eigenvalue weighted by molar-refractivity contribution is 0.0931. The van der Waals surface area contributed by atoms with Crippen molar-refractivity contribution in [2.24, 2.45) is 5.92 Å². The summed E-state index contributed by atoms with van der Waals surface area (Å²) in [6.07, 6.45) is 8.59. The fourth-order valence-electron chi connectivity index (χ4n) is 5.28. The fourth-order valence-corrected chi connectivity index (χ4v) is 5.62. The van der Waals surface area contributed by atoms with E-state index in [0.717, 1.165) is 19.4 Å². The van der Waals surface area contributed by atoms with E-state index in [9.17, 15) is 4.39 Å². The summed E-state index contributed by atoms with van der Waals surface area (Å²) >= 11 is 5.84. The Kier molecular flexibility index (Phi) is 6.65. The molecule has 1 aliphatic heterocycles. The van der Waals surface area contributed by atoms with Gasteiger partial charge in [0.05, 0.1) is 5.69 Å². The molecule has 3 nitrogen and oxygen atoms in total. The van der Waals surface area contributed by atoms with Crippen molar-refractivity contribution < 1.29 is 4.39 Å². The Morgan fingerprint density at radius 1 is 1.11 bits per heavy atom. The number of hydrogen-bond donors (Lipinski definition) is 2. The van der Waals surface area contributed by atoms with Gasteiger partial charge in [0.15, 0.2) is 5.11 Å². The summed E-state index contributed by atoms with van der Waals surface area (Å²) in [6, 6.07) is 7.14. The van der Waals surface area contributed by atoms with Crippen molar-refractivity contribution in [3.63, 3.8) is 0 Å². The maximum Gasteiger partial charge on any atom is 0.173 e. The molecule has 2 N–H and O–H groups in total. The van der Waals surface area contributed by atoms with Crippen LogP contribution in [0.2, 0.25) is 0 Å². The van der Waals surface area contributed by atoms with Crippen LogP contribution >= 0.6 is 12.2 Å². The molecule has 2 fully saturated rings. The van der Waals surface area contributed by atoms with Gasteiger partial charge in [-0.1, -0.05) is 31.4 Å². The average Bonchev–Trinajstić information content (AvgIpc) is 2.60. The monoisotopic (exact) mass is 405 g/mol. The molecular weight excluding hydrogens is 369 g/mol. The molecule has 0 aromatic heterocycles. The molecule has 0 amide bonds. The third-order valence-electron chi connectivity index (χ3n) is 6.17. The van der Waals surface area contributed by atoms with E-state index in [-0.39, 0.29) is 16.9 Å². The van der Waals surface area contributed by atoms with Crippen molar-refractivity contribution in [3.8, 4) is 0 Å². The average molecular weight is 406 g/mol. The molecule has 5 heteroatoms. The van der Waals surface area contributed by atoms with Crippen molar-refractivity contribution in [1.29, 1.82) is 0 Å². The summed E-state index contributed by atoms with van der Waals surface area (Å²) in [5, 5.41) is 7.64. The van der Waals surface area contributed by atoms with E-state index >= 15 is 0 Å². The molecule has 28 heavy (non-hydrogen) atoms. The van der Waals surface area contributed by atoms with Crippen LogP contribution in [0.1, 0.15) is 72.6 Å². The zero-order chi connectivity index (χ0) is 20.4. The smallest absolute Gasteiger partial charge is 0.173 e. The molecule has 1 saturated heterocycles. The lowest BCUT2D eigenvalue weighted by Gasteiger charge is -2.50. The number of rotatable bonds is 4. The molecule has 0 radical (unpaired) electrons. The Hall–Kier alpha value is -1.20. The maximum atomic E-state index is 14.2. The predicted octanol–water partition coefficient (Wildman–Crippen LogP) is 5.71. The number of anilines is 1. The van der Waals surface area contributed by atoms with Crippen molar-refractivity contribution >= 4 is 23.0 Å². The first-order valence-electron chi connectivity index (χ1n) is 10.8. The van der Waals surface area contributed by atoms with E-state index < -0.39 is 0 Å².